The topological polar surface area (TPSA) is 43.8 Å². The molecule has 1 aliphatic carbocycles. The summed E-state index contributed by atoms with van der Waals surface area (Å²) < 4.78 is 2.14. The van der Waals surface area contributed by atoms with Crippen LogP contribution in [-0.4, -0.2) is 9.78 Å². The quantitative estimate of drug-likeness (QED) is 0.922. The van der Waals surface area contributed by atoms with Gasteiger partial charge in [-0.1, -0.05) is 42.7 Å². The lowest BCUT2D eigenvalue weighted by Crippen LogP contribution is -2.14. The Morgan fingerprint density at radius 1 is 1.20 bits per heavy atom. The van der Waals surface area contributed by atoms with Gasteiger partial charge in [-0.3, -0.25) is 4.68 Å². The summed E-state index contributed by atoms with van der Waals surface area (Å²) >= 11 is 0. The fourth-order valence-corrected chi connectivity index (χ4v) is 3.02. The largest absolute Gasteiger partial charge is 0.324 e. The summed E-state index contributed by atoms with van der Waals surface area (Å²) in [5, 5.41) is 4.71. The second-order valence-corrected chi connectivity index (χ2v) is 5.95. The lowest BCUT2D eigenvalue weighted by atomic mass is 10.0. The maximum atomic E-state index is 6.29. The molecule has 1 aliphatic rings. The van der Waals surface area contributed by atoms with E-state index in [4.69, 9.17) is 10.8 Å². The number of nitrogens with two attached hydrogens (primary N) is 1. The van der Waals surface area contributed by atoms with Crippen LogP contribution >= 0.6 is 0 Å². The van der Waals surface area contributed by atoms with Gasteiger partial charge >= 0.3 is 0 Å². The van der Waals surface area contributed by atoms with Gasteiger partial charge in [0.05, 0.1) is 11.7 Å². The molecule has 2 aromatic rings. The number of hydrogen-bond acceptors (Lipinski definition) is 2. The molecule has 0 aliphatic heterocycles. The Balaban J connectivity index is 1.66. The van der Waals surface area contributed by atoms with Gasteiger partial charge < -0.3 is 5.73 Å². The van der Waals surface area contributed by atoms with Gasteiger partial charge in [-0.25, -0.2) is 0 Å². The third-order valence-electron chi connectivity index (χ3n) is 4.30. The molecule has 0 saturated heterocycles. The summed E-state index contributed by atoms with van der Waals surface area (Å²) in [6.45, 7) is 2.10. The van der Waals surface area contributed by atoms with Crippen molar-refractivity contribution < 1.29 is 0 Å². The van der Waals surface area contributed by atoms with Crippen LogP contribution in [0.5, 0.6) is 0 Å². The van der Waals surface area contributed by atoms with Gasteiger partial charge in [0.1, 0.15) is 0 Å². The van der Waals surface area contributed by atoms with Crippen LogP contribution in [0.1, 0.15) is 54.6 Å². The number of benzene rings is 1. The van der Waals surface area contributed by atoms with E-state index < -0.39 is 0 Å². The molecule has 1 atom stereocenters. The standard InChI is InChI=1S/C17H23N3/c1-13-6-8-14(9-7-13)17(18)12-15-10-11-20(19-15)16-4-2-3-5-16/h6-11,16-17H,2-5,12,18H2,1H3. The maximum Gasteiger partial charge on any atom is 0.0643 e. The van der Waals surface area contributed by atoms with Crippen molar-refractivity contribution >= 4 is 0 Å². The minimum absolute atomic E-state index is 0.0301. The van der Waals surface area contributed by atoms with E-state index in [9.17, 15) is 0 Å². The van der Waals surface area contributed by atoms with Crippen LogP contribution in [0, 0.1) is 6.92 Å². The normalized spacial score (nSPS) is 17.5. The molecule has 1 fully saturated rings. The van der Waals surface area contributed by atoms with Crippen molar-refractivity contribution in [3.05, 3.63) is 53.3 Å². The van der Waals surface area contributed by atoms with Crippen LogP contribution in [0.3, 0.4) is 0 Å². The van der Waals surface area contributed by atoms with Crippen LogP contribution in [0.2, 0.25) is 0 Å². The number of aromatic nitrogens is 2. The van der Waals surface area contributed by atoms with Gasteiger partial charge in [-0.05, 0) is 31.4 Å². The first kappa shape index (κ1) is 13.4. The molecule has 0 radical (unpaired) electrons. The summed E-state index contributed by atoms with van der Waals surface area (Å²) in [6.07, 6.45) is 8.14. The van der Waals surface area contributed by atoms with Crippen molar-refractivity contribution in [2.75, 3.05) is 0 Å². The minimum Gasteiger partial charge on any atom is -0.324 e. The molecule has 3 nitrogen and oxygen atoms in total. The summed E-state index contributed by atoms with van der Waals surface area (Å²) in [7, 11) is 0. The Hall–Kier alpha value is -1.61. The van der Waals surface area contributed by atoms with E-state index in [2.05, 4.69) is 48.1 Å². The molecule has 0 bridgehead atoms. The Bertz CT molecular complexity index is 550. The van der Waals surface area contributed by atoms with Crippen molar-refractivity contribution in [2.24, 2.45) is 5.73 Å². The Kier molecular flexibility index (Phi) is 3.88. The van der Waals surface area contributed by atoms with Crippen LogP contribution in [0.4, 0.5) is 0 Å². The Morgan fingerprint density at radius 3 is 2.60 bits per heavy atom. The highest BCUT2D eigenvalue weighted by Gasteiger charge is 2.18. The molecule has 1 aromatic carbocycles. The lowest BCUT2D eigenvalue weighted by molar-refractivity contribution is 0.461. The van der Waals surface area contributed by atoms with Crippen LogP contribution in [-0.2, 0) is 6.42 Å². The highest BCUT2D eigenvalue weighted by molar-refractivity contribution is 5.25. The van der Waals surface area contributed by atoms with Gasteiger partial charge in [0, 0.05) is 18.7 Å². The van der Waals surface area contributed by atoms with E-state index in [-0.39, 0.29) is 6.04 Å². The summed E-state index contributed by atoms with van der Waals surface area (Å²) in [5.74, 6) is 0. The number of rotatable bonds is 4. The number of hydrogen-bond donors (Lipinski definition) is 1. The molecule has 1 saturated carbocycles. The zero-order chi connectivity index (χ0) is 13.9. The second-order valence-electron chi connectivity index (χ2n) is 5.95. The molecule has 20 heavy (non-hydrogen) atoms. The first-order valence-electron chi connectivity index (χ1n) is 7.58. The third kappa shape index (κ3) is 2.93. The van der Waals surface area contributed by atoms with Gasteiger partial charge in [-0.2, -0.15) is 5.10 Å². The van der Waals surface area contributed by atoms with Gasteiger partial charge in [0.2, 0.25) is 0 Å². The van der Waals surface area contributed by atoms with E-state index in [1.165, 1.54) is 36.8 Å². The van der Waals surface area contributed by atoms with E-state index in [0.29, 0.717) is 6.04 Å². The van der Waals surface area contributed by atoms with Crippen LogP contribution < -0.4 is 5.73 Å². The highest BCUT2D eigenvalue weighted by atomic mass is 15.3. The SMILES string of the molecule is Cc1ccc(C(N)Cc2ccn(C3CCCC3)n2)cc1. The van der Waals surface area contributed by atoms with E-state index in [0.717, 1.165) is 12.1 Å². The zero-order valence-electron chi connectivity index (χ0n) is 12.1. The van der Waals surface area contributed by atoms with Crippen molar-refractivity contribution in [1.82, 2.24) is 9.78 Å². The predicted octanol–water partition coefficient (Wildman–Crippen LogP) is 3.55. The fourth-order valence-electron chi connectivity index (χ4n) is 3.02. The monoisotopic (exact) mass is 269 g/mol. The van der Waals surface area contributed by atoms with Gasteiger partial charge in [0.15, 0.2) is 0 Å². The first-order chi connectivity index (χ1) is 9.72. The first-order valence-corrected chi connectivity index (χ1v) is 7.58. The van der Waals surface area contributed by atoms with E-state index >= 15 is 0 Å². The van der Waals surface area contributed by atoms with Crippen LogP contribution in [0.25, 0.3) is 0 Å². The van der Waals surface area contributed by atoms with Gasteiger partial charge in [0.25, 0.3) is 0 Å². The van der Waals surface area contributed by atoms with Gasteiger partial charge in [-0.15, -0.1) is 0 Å². The number of aryl methyl sites for hydroxylation is 1. The average Bonchev–Trinajstić information content (AvgIpc) is 3.09. The van der Waals surface area contributed by atoms with Crippen molar-refractivity contribution in [3.8, 4) is 0 Å². The van der Waals surface area contributed by atoms with Crippen molar-refractivity contribution in [1.29, 1.82) is 0 Å². The maximum absolute atomic E-state index is 6.29. The molecular formula is C17H23N3. The Labute approximate surface area is 120 Å². The smallest absolute Gasteiger partial charge is 0.0643 e. The average molecular weight is 269 g/mol. The molecule has 106 valence electrons. The molecule has 2 N–H and O–H groups in total. The molecule has 1 unspecified atom stereocenters. The summed E-state index contributed by atoms with van der Waals surface area (Å²) in [6, 6.07) is 11.2. The molecular weight excluding hydrogens is 246 g/mol. The molecule has 1 aromatic heterocycles. The lowest BCUT2D eigenvalue weighted by Gasteiger charge is -2.12. The summed E-state index contributed by atoms with van der Waals surface area (Å²) in [5.41, 5.74) is 9.85. The second kappa shape index (κ2) is 5.80. The zero-order valence-corrected chi connectivity index (χ0v) is 12.1. The highest BCUT2D eigenvalue weighted by Crippen LogP contribution is 2.29. The number of nitrogens with zero attached hydrogens (tertiary/aromatic N) is 2. The fraction of sp³-hybridized carbons (Fsp3) is 0.471. The molecule has 0 amide bonds. The minimum atomic E-state index is 0.0301. The Morgan fingerprint density at radius 2 is 1.90 bits per heavy atom. The van der Waals surface area contributed by atoms with E-state index in [1.807, 2.05) is 0 Å². The molecule has 3 heteroatoms. The third-order valence-corrected chi connectivity index (χ3v) is 4.30. The van der Waals surface area contributed by atoms with Crippen LogP contribution in [0.15, 0.2) is 36.5 Å². The van der Waals surface area contributed by atoms with Crippen molar-refractivity contribution in [2.45, 2.75) is 51.1 Å². The molecule has 1 heterocycles. The molecule has 3 rings (SSSR count). The molecule has 0 spiro atoms. The van der Waals surface area contributed by atoms with E-state index in [1.54, 1.807) is 0 Å². The summed E-state index contributed by atoms with van der Waals surface area (Å²) in [4.78, 5) is 0. The predicted molar refractivity (Wildman–Crippen MR) is 81.5 cm³/mol. The van der Waals surface area contributed by atoms with Crippen molar-refractivity contribution in [3.63, 3.8) is 0 Å².